The van der Waals surface area contributed by atoms with Crippen LogP contribution in [-0.2, 0) is 0 Å². The number of benzene rings is 1. The Hall–Kier alpha value is -0.470. The summed E-state index contributed by atoms with van der Waals surface area (Å²) in [6.45, 7) is 0. The molecule has 1 rings (SSSR count). The number of hydrogen-bond acceptors (Lipinski definition) is 2. The normalized spacial score (nSPS) is 13.0. The topological polar surface area (TPSA) is 26.0 Å². The van der Waals surface area contributed by atoms with Gasteiger partial charge in [-0.3, -0.25) is 0 Å². The molecule has 0 heterocycles. The van der Waals surface area contributed by atoms with Crippen LogP contribution in [0.3, 0.4) is 0 Å². The molecule has 0 aromatic heterocycles. The van der Waals surface area contributed by atoms with Crippen molar-refractivity contribution >= 4 is 12.6 Å². The molecule has 0 aliphatic carbocycles. The second-order valence-corrected chi connectivity index (χ2v) is 2.56. The lowest BCUT2D eigenvalue weighted by molar-refractivity contribution is 0.834. The Balaban J connectivity index is 2.75. The molecule has 2 heteroatoms. The molecule has 0 aliphatic rings. The minimum atomic E-state index is 0.0736. The van der Waals surface area contributed by atoms with E-state index in [0.29, 0.717) is 5.75 Å². The number of rotatable bonds is 2. The van der Waals surface area contributed by atoms with Gasteiger partial charge in [0.05, 0.1) is 0 Å². The maximum absolute atomic E-state index is 5.72. The SMILES string of the molecule is N[C@H](CS)c1ccccc1. The third-order valence-corrected chi connectivity index (χ3v) is 1.82. The van der Waals surface area contributed by atoms with E-state index in [0.717, 1.165) is 5.56 Å². The van der Waals surface area contributed by atoms with E-state index in [9.17, 15) is 0 Å². The maximum Gasteiger partial charge on any atom is 0.0384 e. The molecule has 1 aromatic carbocycles. The lowest BCUT2D eigenvalue weighted by Crippen LogP contribution is -2.10. The van der Waals surface area contributed by atoms with Crippen LogP contribution < -0.4 is 5.73 Å². The van der Waals surface area contributed by atoms with Crippen molar-refractivity contribution in [2.24, 2.45) is 5.73 Å². The van der Waals surface area contributed by atoms with Gasteiger partial charge in [0.25, 0.3) is 0 Å². The molecule has 2 N–H and O–H groups in total. The third kappa shape index (κ3) is 1.75. The highest BCUT2D eigenvalue weighted by atomic mass is 32.1. The molecule has 0 fully saturated rings. The van der Waals surface area contributed by atoms with Gasteiger partial charge in [0, 0.05) is 11.8 Å². The van der Waals surface area contributed by atoms with Gasteiger partial charge in [-0.15, -0.1) is 0 Å². The molecular weight excluding hydrogens is 142 g/mol. The molecule has 0 bridgehead atoms. The third-order valence-electron chi connectivity index (χ3n) is 1.42. The average molecular weight is 153 g/mol. The van der Waals surface area contributed by atoms with E-state index in [2.05, 4.69) is 12.6 Å². The summed E-state index contributed by atoms with van der Waals surface area (Å²) in [4.78, 5) is 0. The van der Waals surface area contributed by atoms with Gasteiger partial charge in [0.15, 0.2) is 0 Å². The van der Waals surface area contributed by atoms with Crippen molar-refractivity contribution in [2.45, 2.75) is 6.04 Å². The molecule has 0 saturated carbocycles. The molecule has 0 spiro atoms. The molecule has 0 radical (unpaired) electrons. The fourth-order valence-electron chi connectivity index (χ4n) is 0.806. The molecular formula is C8H11NS. The predicted octanol–water partition coefficient (Wildman–Crippen LogP) is 1.62. The molecule has 0 amide bonds. The van der Waals surface area contributed by atoms with Crippen molar-refractivity contribution in [1.29, 1.82) is 0 Å². The summed E-state index contributed by atoms with van der Waals surface area (Å²) >= 11 is 4.10. The molecule has 1 aromatic rings. The van der Waals surface area contributed by atoms with E-state index in [1.54, 1.807) is 0 Å². The van der Waals surface area contributed by atoms with Crippen LogP contribution in [0.25, 0.3) is 0 Å². The smallest absolute Gasteiger partial charge is 0.0384 e. The molecule has 1 nitrogen and oxygen atoms in total. The highest BCUT2D eigenvalue weighted by molar-refractivity contribution is 7.80. The Morgan fingerprint density at radius 2 is 1.90 bits per heavy atom. The van der Waals surface area contributed by atoms with E-state index in [1.165, 1.54) is 0 Å². The van der Waals surface area contributed by atoms with Gasteiger partial charge in [0.1, 0.15) is 0 Å². The fourth-order valence-corrected chi connectivity index (χ4v) is 1.02. The Bertz CT molecular complexity index is 186. The van der Waals surface area contributed by atoms with Crippen LogP contribution in [0.1, 0.15) is 11.6 Å². The van der Waals surface area contributed by atoms with E-state index in [4.69, 9.17) is 5.73 Å². The Kier molecular flexibility index (Phi) is 2.78. The quantitative estimate of drug-likeness (QED) is 0.620. The number of nitrogens with two attached hydrogens (primary N) is 1. The monoisotopic (exact) mass is 153 g/mol. The van der Waals surface area contributed by atoms with Crippen molar-refractivity contribution in [2.75, 3.05) is 5.75 Å². The van der Waals surface area contributed by atoms with Gasteiger partial charge in [-0.2, -0.15) is 12.6 Å². The zero-order chi connectivity index (χ0) is 7.40. The van der Waals surface area contributed by atoms with Gasteiger partial charge in [0.2, 0.25) is 0 Å². The molecule has 0 aliphatic heterocycles. The van der Waals surface area contributed by atoms with Gasteiger partial charge in [-0.25, -0.2) is 0 Å². The molecule has 54 valence electrons. The minimum absolute atomic E-state index is 0.0736. The Labute approximate surface area is 66.7 Å². The van der Waals surface area contributed by atoms with Crippen LogP contribution in [-0.4, -0.2) is 5.75 Å². The summed E-state index contributed by atoms with van der Waals surface area (Å²) in [5.74, 6) is 0.698. The second kappa shape index (κ2) is 3.64. The first-order chi connectivity index (χ1) is 4.84. The van der Waals surface area contributed by atoms with Crippen molar-refractivity contribution in [1.82, 2.24) is 0 Å². The minimum Gasteiger partial charge on any atom is -0.323 e. The standard InChI is InChI=1S/C8H11NS/c9-8(6-10)7-4-2-1-3-5-7/h1-5,8,10H,6,9H2/t8-/m1/s1. The number of hydrogen-bond donors (Lipinski definition) is 2. The zero-order valence-corrected chi connectivity index (χ0v) is 6.59. The largest absolute Gasteiger partial charge is 0.323 e. The summed E-state index contributed by atoms with van der Waals surface area (Å²) in [5, 5.41) is 0. The highest BCUT2D eigenvalue weighted by Gasteiger charge is 1.99. The fraction of sp³-hybridized carbons (Fsp3) is 0.250. The zero-order valence-electron chi connectivity index (χ0n) is 5.70. The van der Waals surface area contributed by atoms with Crippen molar-refractivity contribution < 1.29 is 0 Å². The molecule has 0 saturated heterocycles. The van der Waals surface area contributed by atoms with Gasteiger partial charge in [-0.05, 0) is 5.56 Å². The van der Waals surface area contributed by atoms with E-state index in [1.807, 2.05) is 30.3 Å². The van der Waals surface area contributed by atoms with E-state index < -0.39 is 0 Å². The van der Waals surface area contributed by atoms with Gasteiger partial charge < -0.3 is 5.73 Å². The first-order valence-electron chi connectivity index (χ1n) is 3.26. The van der Waals surface area contributed by atoms with Crippen molar-refractivity contribution in [3.63, 3.8) is 0 Å². The first-order valence-corrected chi connectivity index (χ1v) is 3.89. The van der Waals surface area contributed by atoms with Crippen LogP contribution in [0.15, 0.2) is 30.3 Å². The van der Waals surface area contributed by atoms with E-state index in [-0.39, 0.29) is 6.04 Å². The van der Waals surface area contributed by atoms with Crippen LogP contribution in [0.4, 0.5) is 0 Å². The van der Waals surface area contributed by atoms with Crippen LogP contribution in [0.5, 0.6) is 0 Å². The molecule has 0 unspecified atom stereocenters. The van der Waals surface area contributed by atoms with Crippen molar-refractivity contribution in [3.05, 3.63) is 35.9 Å². The van der Waals surface area contributed by atoms with Crippen molar-refractivity contribution in [3.8, 4) is 0 Å². The van der Waals surface area contributed by atoms with Crippen LogP contribution >= 0.6 is 12.6 Å². The Morgan fingerprint density at radius 3 is 2.40 bits per heavy atom. The van der Waals surface area contributed by atoms with Crippen LogP contribution in [0, 0.1) is 0 Å². The maximum atomic E-state index is 5.72. The van der Waals surface area contributed by atoms with Gasteiger partial charge >= 0.3 is 0 Å². The van der Waals surface area contributed by atoms with E-state index >= 15 is 0 Å². The van der Waals surface area contributed by atoms with Crippen LogP contribution in [0.2, 0.25) is 0 Å². The summed E-state index contributed by atoms with van der Waals surface area (Å²) in [6, 6.07) is 10.1. The predicted molar refractivity (Wildman–Crippen MR) is 47.2 cm³/mol. The second-order valence-electron chi connectivity index (χ2n) is 2.20. The lowest BCUT2D eigenvalue weighted by atomic mass is 10.1. The average Bonchev–Trinajstić information content (AvgIpc) is 2.05. The summed E-state index contributed by atoms with van der Waals surface area (Å²) in [5.41, 5.74) is 6.87. The Morgan fingerprint density at radius 1 is 1.30 bits per heavy atom. The highest BCUT2D eigenvalue weighted by Crippen LogP contribution is 2.09. The first kappa shape index (κ1) is 7.63. The summed E-state index contributed by atoms with van der Waals surface area (Å²) < 4.78 is 0. The molecule has 1 atom stereocenters. The van der Waals surface area contributed by atoms with Gasteiger partial charge in [-0.1, -0.05) is 30.3 Å². The summed E-state index contributed by atoms with van der Waals surface area (Å²) in [6.07, 6.45) is 0. The summed E-state index contributed by atoms with van der Waals surface area (Å²) in [7, 11) is 0. The number of thiol groups is 1. The molecule has 10 heavy (non-hydrogen) atoms. The lowest BCUT2D eigenvalue weighted by Gasteiger charge is -2.06.